The number of sulfonamides is 1. The van der Waals surface area contributed by atoms with E-state index in [0.717, 1.165) is 30.0 Å². The van der Waals surface area contributed by atoms with Crippen LogP contribution in [0.1, 0.15) is 36.1 Å². The quantitative estimate of drug-likeness (QED) is 0.381. The number of benzene rings is 3. The highest BCUT2D eigenvalue weighted by Gasteiger charge is 2.28. The molecule has 1 aliphatic heterocycles. The molecule has 1 fully saturated rings. The smallest absolute Gasteiger partial charge is 0.243 e. The van der Waals surface area contributed by atoms with Crippen molar-refractivity contribution in [3.8, 4) is 0 Å². The van der Waals surface area contributed by atoms with Gasteiger partial charge < -0.3 is 4.74 Å². The first kappa shape index (κ1) is 26.4. The van der Waals surface area contributed by atoms with Gasteiger partial charge in [-0.05, 0) is 47.4 Å². The fraction of sp³-hybridized carbons (Fsp3) is 0.357. The fourth-order valence-electron chi connectivity index (χ4n) is 4.45. The molecule has 0 radical (unpaired) electrons. The second-order valence-corrected chi connectivity index (χ2v) is 10.9. The average Bonchev–Trinajstić information content (AvgIpc) is 2.90. The summed E-state index contributed by atoms with van der Waals surface area (Å²) in [6.45, 7) is 5.07. The Labute approximate surface area is 212 Å². The van der Waals surface area contributed by atoms with E-state index in [1.807, 2.05) is 42.5 Å². The molecule has 36 heavy (non-hydrogen) atoms. The number of halogens is 2. The molecule has 3 aromatic carbocycles. The normalized spacial score (nSPS) is 16.2. The zero-order valence-electron chi connectivity index (χ0n) is 20.4. The molecule has 0 aliphatic carbocycles. The monoisotopic (exact) mass is 514 g/mol. The van der Waals surface area contributed by atoms with E-state index in [4.69, 9.17) is 4.74 Å². The lowest BCUT2D eigenvalue weighted by atomic mass is 10.0. The van der Waals surface area contributed by atoms with Gasteiger partial charge in [0.25, 0.3) is 0 Å². The summed E-state index contributed by atoms with van der Waals surface area (Å²) >= 11 is 0. The van der Waals surface area contributed by atoms with Crippen LogP contribution in [0, 0.1) is 11.6 Å². The maximum atomic E-state index is 13.9. The van der Waals surface area contributed by atoms with Crippen molar-refractivity contribution in [2.24, 2.45) is 0 Å². The van der Waals surface area contributed by atoms with Crippen LogP contribution >= 0.6 is 0 Å². The Morgan fingerprint density at radius 3 is 2.19 bits per heavy atom. The predicted molar refractivity (Wildman–Crippen MR) is 136 cm³/mol. The molecule has 0 bridgehead atoms. The van der Waals surface area contributed by atoms with Gasteiger partial charge in [0.2, 0.25) is 10.0 Å². The summed E-state index contributed by atoms with van der Waals surface area (Å²) in [5.41, 5.74) is 2.53. The van der Waals surface area contributed by atoms with E-state index >= 15 is 0 Å². The first-order valence-electron chi connectivity index (χ1n) is 12.3. The van der Waals surface area contributed by atoms with Crippen LogP contribution in [-0.2, 0) is 21.2 Å². The van der Waals surface area contributed by atoms with Crippen LogP contribution < -0.4 is 0 Å². The highest BCUT2D eigenvalue weighted by atomic mass is 32.2. The number of ether oxygens (including phenoxy) is 1. The Morgan fingerprint density at radius 2 is 1.56 bits per heavy atom. The third-order valence-corrected chi connectivity index (χ3v) is 8.38. The highest BCUT2D eigenvalue weighted by molar-refractivity contribution is 7.89. The van der Waals surface area contributed by atoms with Crippen molar-refractivity contribution >= 4 is 10.0 Å². The number of rotatable bonds is 10. The van der Waals surface area contributed by atoms with Crippen LogP contribution in [-0.4, -0.2) is 57.0 Å². The lowest BCUT2D eigenvalue weighted by molar-refractivity contribution is 0.0525. The molecule has 1 aliphatic rings. The van der Waals surface area contributed by atoms with Crippen LogP contribution in [0.15, 0.2) is 77.7 Å². The van der Waals surface area contributed by atoms with E-state index in [0.29, 0.717) is 49.8 Å². The van der Waals surface area contributed by atoms with Crippen molar-refractivity contribution < 1.29 is 21.9 Å². The molecule has 0 amide bonds. The van der Waals surface area contributed by atoms with E-state index < -0.39 is 27.8 Å². The molecule has 1 heterocycles. The number of nitrogens with zero attached hydrogens (tertiary/aromatic N) is 2. The lowest BCUT2D eigenvalue weighted by Crippen LogP contribution is -2.49. The van der Waals surface area contributed by atoms with Gasteiger partial charge in [-0.3, -0.25) is 4.90 Å². The van der Waals surface area contributed by atoms with E-state index in [9.17, 15) is 17.2 Å². The van der Waals surface area contributed by atoms with Gasteiger partial charge in [-0.2, -0.15) is 4.31 Å². The van der Waals surface area contributed by atoms with Crippen molar-refractivity contribution in [3.05, 3.63) is 101 Å². The van der Waals surface area contributed by atoms with E-state index in [-0.39, 0.29) is 0 Å². The third kappa shape index (κ3) is 6.37. The second kappa shape index (κ2) is 12.1. The summed E-state index contributed by atoms with van der Waals surface area (Å²) in [5, 5.41) is 0. The molecular formula is C28H32F2N2O3S. The minimum absolute atomic E-state index is 0.330. The molecule has 3 aromatic rings. The van der Waals surface area contributed by atoms with Gasteiger partial charge in [0, 0.05) is 32.7 Å². The molecule has 4 rings (SSSR count). The van der Waals surface area contributed by atoms with Crippen LogP contribution in [0.4, 0.5) is 8.78 Å². The summed E-state index contributed by atoms with van der Waals surface area (Å²) in [4.78, 5) is 2.49. The minimum Gasteiger partial charge on any atom is -0.367 e. The molecule has 0 spiro atoms. The Balaban J connectivity index is 1.33. The molecular weight excluding hydrogens is 482 g/mol. The molecule has 0 saturated carbocycles. The highest BCUT2D eigenvalue weighted by Crippen LogP contribution is 2.27. The Hall–Kier alpha value is -2.65. The van der Waals surface area contributed by atoms with Gasteiger partial charge in [-0.25, -0.2) is 17.2 Å². The largest absolute Gasteiger partial charge is 0.367 e. The van der Waals surface area contributed by atoms with Crippen molar-refractivity contribution in [3.63, 3.8) is 0 Å². The number of hydrogen-bond acceptors (Lipinski definition) is 4. The van der Waals surface area contributed by atoms with Gasteiger partial charge in [0.05, 0.1) is 11.5 Å². The van der Waals surface area contributed by atoms with Crippen LogP contribution in [0.25, 0.3) is 0 Å². The van der Waals surface area contributed by atoms with Crippen LogP contribution in [0.2, 0.25) is 0 Å². The first-order chi connectivity index (χ1) is 17.4. The zero-order valence-corrected chi connectivity index (χ0v) is 21.3. The Morgan fingerprint density at radius 1 is 0.861 bits per heavy atom. The Kier molecular flexibility index (Phi) is 8.85. The fourth-order valence-corrected chi connectivity index (χ4v) is 5.87. The maximum absolute atomic E-state index is 13.9. The Bertz CT molecular complexity index is 1230. The van der Waals surface area contributed by atoms with E-state index in [2.05, 4.69) is 11.8 Å². The SMILES string of the molecule is CCCc1ccc(S(=O)(=O)N2CCN(CCO[C@H](c3ccccc3)c3ccc(F)c(F)c3)CC2)cc1. The van der Waals surface area contributed by atoms with Gasteiger partial charge in [0.1, 0.15) is 6.10 Å². The molecule has 1 saturated heterocycles. The first-order valence-corrected chi connectivity index (χ1v) is 13.8. The molecule has 0 N–H and O–H groups in total. The summed E-state index contributed by atoms with van der Waals surface area (Å²) in [5.74, 6) is -1.80. The summed E-state index contributed by atoms with van der Waals surface area (Å²) in [6.07, 6.45) is 1.42. The predicted octanol–water partition coefficient (Wildman–Crippen LogP) is 5.03. The molecule has 0 unspecified atom stereocenters. The maximum Gasteiger partial charge on any atom is 0.243 e. The molecule has 8 heteroatoms. The third-order valence-electron chi connectivity index (χ3n) is 6.47. The van der Waals surface area contributed by atoms with Crippen molar-refractivity contribution in [1.82, 2.24) is 9.21 Å². The lowest BCUT2D eigenvalue weighted by Gasteiger charge is -2.34. The van der Waals surface area contributed by atoms with Crippen molar-refractivity contribution in [1.29, 1.82) is 0 Å². The van der Waals surface area contributed by atoms with Crippen molar-refractivity contribution in [2.45, 2.75) is 30.8 Å². The van der Waals surface area contributed by atoms with Crippen LogP contribution in [0.3, 0.4) is 0 Å². The van der Waals surface area contributed by atoms with Gasteiger partial charge >= 0.3 is 0 Å². The average molecular weight is 515 g/mol. The zero-order chi connectivity index (χ0) is 25.5. The van der Waals surface area contributed by atoms with Gasteiger partial charge in [0.15, 0.2) is 11.6 Å². The number of piperazine rings is 1. The summed E-state index contributed by atoms with van der Waals surface area (Å²) in [6, 6.07) is 20.4. The van der Waals surface area contributed by atoms with Gasteiger partial charge in [-0.15, -0.1) is 0 Å². The van der Waals surface area contributed by atoms with Crippen LogP contribution in [0.5, 0.6) is 0 Å². The van der Waals surface area contributed by atoms with Gasteiger partial charge in [-0.1, -0.05) is 61.9 Å². The molecule has 192 valence electrons. The summed E-state index contributed by atoms with van der Waals surface area (Å²) < 4.78 is 61.1. The van der Waals surface area contributed by atoms with E-state index in [1.165, 1.54) is 16.4 Å². The molecule has 1 atom stereocenters. The summed E-state index contributed by atoms with van der Waals surface area (Å²) in [7, 11) is -3.52. The van der Waals surface area contributed by atoms with E-state index in [1.54, 1.807) is 12.1 Å². The molecule has 0 aromatic heterocycles. The standard InChI is InChI=1S/C28H32F2N2O3S/c1-2-6-22-9-12-25(13-10-22)36(33,34)32-17-15-31(16-18-32)19-20-35-28(23-7-4-3-5-8-23)24-11-14-26(29)27(30)21-24/h3-5,7-14,21,28H,2,6,15-20H2,1H3/t28-/m1/s1. The second-order valence-electron chi connectivity index (χ2n) is 8.97. The molecule has 5 nitrogen and oxygen atoms in total. The minimum atomic E-state index is -3.52. The number of hydrogen-bond donors (Lipinski definition) is 0. The topological polar surface area (TPSA) is 49.9 Å². The van der Waals surface area contributed by atoms with Crippen molar-refractivity contribution in [2.75, 3.05) is 39.3 Å². The number of aryl methyl sites for hydroxylation is 1.